The van der Waals surface area contributed by atoms with Gasteiger partial charge in [-0.1, -0.05) is 13.8 Å². The van der Waals surface area contributed by atoms with E-state index in [0.29, 0.717) is 5.69 Å². The predicted octanol–water partition coefficient (Wildman–Crippen LogP) is 2.21. The first-order chi connectivity index (χ1) is 6.18. The van der Waals surface area contributed by atoms with Gasteiger partial charge in [0.05, 0.1) is 18.1 Å². The number of hydrogen-bond acceptors (Lipinski definition) is 2. The molecule has 0 radical (unpaired) electrons. The minimum absolute atomic E-state index is 0.239. The molecule has 0 aliphatic carbocycles. The zero-order valence-corrected chi connectivity index (χ0v) is 7.97. The van der Waals surface area contributed by atoms with Gasteiger partial charge in [-0.25, -0.2) is 4.39 Å². The summed E-state index contributed by atoms with van der Waals surface area (Å²) in [5, 5.41) is 2.40. The highest BCUT2D eigenvalue weighted by Crippen LogP contribution is 2.05. The second kappa shape index (κ2) is 6.11. The highest BCUT2D eigenvalue weighted by molar-refractivity contribution is 5.88. The fourth-order valence-corrected chi connectivity index (χ4v) is 0.683. The van der Waals surface area contributed by atoms with Gasteiger partial charge in [0.2, 0.25) is 5.91 Å². The number of anilines is 1. The Bertz CT molecular complexity index is 276. The van der Waals surface area contributed by atoms with E-state index in [2.05, 4.69) is 10.3 Å². The number of amides is 1. The van der Waals surface area contributed by atoms with Gasteiger partial charge in [-0.2, -0.15) is 0 Å². The maximum absolute atomic E-state index is 12.4. The van der Waals surface area contributed by atoms with E-state index in [-0.39, 0.29) is 5.91 Å². The van der Waals surface area contributed by atoms with Crippen LogP contribution in [-0.2, 0) is 4.79 Å². The van der Waals surface area contributed by atoms with Crippen LogP contribution in [0, 0.1) is 5.82 Å². The Morgan fingerprint density at radius 1 is 1.46 bits per heavy atom. The molecule has 0 saturated heterocycles. The summed E-state index contributed by atoms with van der Waals surface area (Å²) in [7, 11) is 0. The SMILES string of the molecule is CC.CC(=O)Nc1cncc(F)c1. The average Bonchev–Trinajstić information content (AvgIpc) is 2.06. The lowest BCUT2D eigenvalue weighted by Crippen LogP contribution is -2.05. The summed E-state index contributed by atoms with van der Waals surface area (Å²) in [5.41, 5.74) is 0.373. The quantitative estimate of drug-likeness (QED) is 0.727. The summed E-state index contributed by atoms with van der Waals surface area (Å²) in [6.45, 7) is 5.35. The topological polar surface area (TPSA) is 42.0 Å². The smallest absolute Gasteiger partial charge is 0.221 e. The fourth-order valence-electron chi connectivity index (χ4n) is 0.683. The molecule has 0 fully saturated rings. The molecule has 0 aromatic carbocycles. The number of halogens is 1. The van der Waals surface area contributed by atoms with E-state index in [1.807, 2.05) is 13.8 Å². The van der Waals surface area contributed by atoms with Gasteiger partial charge < -0.3 is 5.32 Å². The van der Waals surface area contributed by atoms with Crippen LogP contribution in [0.5, 0.6) is 0 Å². The van der Waals surface area contributed by atoms with Crippen molar-refractivity contribution in [1.82, 2.24) is 4.98 Å². The lowest BCUT2D eigenvalue weighted by Gasteiger charge is -1.98. The van der Waals surface area contributed by atoms with Gasteiger partial charge in [0.1, 0.15) is 5.82 Å². The largest absolute Gasteiger partial charge is 0.325 e. The summed E-state index contributed by atoms with van der Waals surface area (Å²) >= 11 is 0. The van der Waals surface area contributed by atoms with Crippen LogP contribution in [-0.4, -0.2) is 10.9 Å². The van der Waals surface area contributed by atoms with Crippen molar-refractivity contribution in [2.45, 2.75) is 20.8 Å². The maximum Gasteiger partial charge on any atom is 0.221 e. The summed E-state index contributed by atoms with van der Waals surface area (Å²) in [5.74, 6) is -0.700. The molecule has 0 aliphatic heterocycles. The molecule has 4 heteroatoms. The molecule has 1 N–H and O–H groups in total. The Morgan fingerprint density at radius 2 is 2.08 bits per heavy atom. The van der Waals surface area contributed by atoms with Crippen molar-refractivity contribution in [2.24, 2.45) is 0 Å². The normalized spacial score (nSPS) is 8.31. The van der Waals surface area contributed by atoms with Crippen molar-refractivity contribution >= 4 is 11.6 Å². The molecular formula is C9H13FN2O. The zero-order chi connectivity index (χ0) is 10.3. The highest BCUT2D eigenvalue weighted by atomic mass is 19.1. The minimum atomic E-state index is -0.462. The third kappa shape index (κ3) is 4.90. The maximum atomic E-state index is 12.4. The van der Waals surface area contributed by atoms with Crippen molar-refractivity contribution in [3.63, 3.8) is 0 Å². The lowest BCUT2D eigenvalue weighted by molar-refractivity contribution is -0.114. The van der Waals surface area contributed by atoms with Crippen LogP contribution < -0.4 is 5.32 Å². The Kier molecular flexibility index (Phi) is 5.43. The second-order valence-corrected chi connectivity index (χ2v) is 2.07. The Labute approximate surface area is 77.0 Å². The van der Waals surface area contributed by atoms with Gasteiger partial charge in [-0.3, -0.25) is 9.78 Å². The standard InChI is InChI=1S/C7H7FN2O.C2H6/c1-5(11)10-7-2-6(8)3-9-4-7;1-2/h2-4H,1H3,(H,10,11);1-2H3. The Balaban J connectivity index is 0.000000671. The van der Waals surface area contributed by atoms with Crippen LogP contribution in [0.4, 0.5) is 10.1 Å². The molecule has 72 valence electrons. The van der Waals surface area contributed by atoms with E-state index in [1.165, 1.54) is 19.2 Å². The third-order valence-corrected chi connectivity index (χ3v) is 1.03. The first-order valence-corrected chi connectivity index (χ1v) is 4.06. The molecule has 0 atom stereocenters. The first-order valence-electron chi connectivity index (χ1n) is 4.06. The summed E-state index contributed by atoms with van der Waals surface area (Å²) in [6, 6.07) is 1.20. The predicted molar refractivity (Wildman–Crippen MR) is 49.8 cm³/mol. The van der Waals surface area contributed by atoms with Crippen LogP contribution >= 0.6 is 0 Å². The number of carbonyl (C=O) groups is 1. The van der Waals surface area contributed by atoms with Gasteiger partial charge >= 0.3 is 0 Å². The van der Waals surface area contributed by atoms with Crippen LogP contribution in [0.2, 0.25) is 0 Å². The first kappa shape index (κ1) is 11.6. The van der Waals surface area contributed by atoms with E-state index >= 15 is 0 Å². The van der Waals surface area contributed by atoms with Crippen LogP contribution in [0.25, 0.3) is 0 Å². The number of pyridine rings is 1. The molecule has 1 aromatic rings. The molecule has 1 rings (SSSR count). The molecule has 3 nitrogen and oxygen atoms in total. The number of rotatable bonds is 1. The number of carbonyl (C=O) groups excluding carboxylic acids is 1. The molecule has 0 saturated carbocycles. The second-order valence-electron chi connectivity index (χ2n) is 2.07. The molecule has 1 heterocycles. The van der Waals surface area contributed by atoms with E-state index in [1.54, 1.807) is 0 Å². The fraction of sp³-hybridized carbons (Fsp3) is 0.333. The van der Waals surface area contributed by atoms with Crippen molar-refractivity contribution in [3.8, 4) is 0 Å². The van der Waals surface area contributed by atoms with E-state index in [9.17, 15) is 9.18 Å². The summed E-state index contributed by atoms with van der Waals surface area (Å²) in [6.07, 6.45) is 2.45. The summed E-state index contributed by atoms with van der Waals surface area (Å²) in [4.78, 5) is 14.0. The average molecular weight is 184 g/mol. The molecule has 1 amide bonds. The zero-order valence-electron chi connectivity index (χ0n) is 7.97. The van der Waals surface area contributed by atoms with Gasteiger partial charge in [0.25, 0.3) is 0 Å². The number of nitrogens with one attached hydrogen (secondary N) is 1. The van der Waals surface area contributed by atoms with Crippen LogP contribution in [0.1, 0.15) is 20.8 Å². The number of hydrogen-bond donors (Lipinski definition) is 1. The molecule has 0 spiro atoms. The van der Waals surface area contributed by atoms with Gasteiger partial charge in [-0.15, -0.1) is 0 Å². The molecule has 1 aromatic heterocycles. The molecule has 0 aliphatic rings. The van der Waals surface area contributed by atoms with E-state index in [0.717, 1.165) is 6.20 Å². The third-order valence-electron chi connectivity index (χ3n) is 1.03. The van der Waals surface area contributed by atoms with Gasteiger partial charge in [0, 0.05) is 13.0 Å². The molecule has 13 heavy (non-hydrogen) atoms. The number of nitrogens with zero attached hydrogens (tertiary/aromatic N) is 1. The van der Waals surface area contributed by atoms with Crippen molar-refractivity contribution < 1.29 is 9.18 Å². The molecular weight excluding hydrogens is 171 g/mol. The molecule has 0 unspecified atom stereocenters. The van der Waals surface area contributed by atoms with Crippen molar-refractivity contribution in [1.29, 1.82) is 0 Å². The van der Waals surface area contributed by atoms with E-state index < -0.39 is 5.82 Å². The van der Waals surface area contributed by atoms with Gasteiger partial charge in [-0.05, 0) is 0 Å². The van der Waals surface area contributed by atoms with Crippen LogP contribution in [0.15, 0.2) is 18.5 Å². The Morgan fingerprint density at radius 3 is 2.54 bits per heavy atom. The van der Waals surface area contributed by atoms with Crippen molar-refractivity contribution in [2.75, 3.05) is 5.32 Å². The minimum Gasteiger partial charge on any atom is -0.325 e. The monoisotopic (exact) mass is 184 g/mol. The highest BCUT2D eigenvalue weighted by Gasteiger charge is 1.96. The molecule has 0 bridgehead atoms. The lowest BCUT2D eigenvalue weighted by atomic mass is 10.4. The summed E-state index contributed by atoms with van der Waals surface area (Å²) < 4.78 is 12.4. The Hall–Kier alpha value is -1.45. The van der Waals surface area contributed by atoms with Crippen LogP contribution in [0.3, 0.4) is 0 Å². The van der Waals surface area contributed by atoms with E-state index in [4.69, 9.17) is 0 Å². The van der Waals surface area contributed by atoms with Gasteiger partial charge in [0.15, 0.2) is 0 Å². The van der Waals surface area contributed by atoms with Crippen molar-refractivity contribution in [3.05, 3.63) is 24.3 Å². The number of aromatic nitrogens is 1.